The van der Waals surface area contributed by atoms with E-state index in [2.05, 4.69) is 10.6 Å². The summed E-state index contributed by atoms with van der Waals surface area (Å²) in [6.45, 7) is 0. The van der Waals surface area contributed by atoms with Crippen LogP contribution in [0.25, 0.3) is 10.1 Å². The maximum absolute atomic E-state index is 13.2. The number of benzene rings is 2. The van der Waals surface area contributed by atoms with Gasteiger partial charge in [0.25, 0.3) is 5.91 Å². The van der Waals surface area contributed by atoms with Crippen molar-refractivity contribution in [1.82, 2.24) is 5.32 Å². The minimum absolute atomic E-state index is 0.182. The van der Waals surface area contributed by atoms with E-state index in [1.807, 2.05) is 0 Å². The molecule has 0 radical (unpaired) electrons. The van der Waals surface area contributed by atoms with Gasteiger partial charge in [-0.25, -0.2) is 0 Å². The van der Waals surface area contributed by atoms with E-state index < -0.39 is 17.6 Å². The molecule has 3 nitrogen and oxygen atoms in total. The van der Waals surface area contributed by atoms with Crippen molar-refractivity contribution in [3.8, 4) is 0 Å². The smallest absolute Gasteiger partial charge is 0.332 e. The van der Waals surface area contributed by atoms with Gasteiger partial charge in [0, 0.05) is 18.7 Å². The fourth-order valence-electron chi connectivity index (χ4n) is 2.36. The standard InChI is InChI=1S/C17H8Cl2F3IN2OS2/c18-7-1-3-9-12(5-7)28-14(13(9)19)15(26)25-16(27)24-11-4-2-8(23)6-10(11)17(20,21)22/h1-6H,(H2,24,25,26,27). The second-order valence-electron chi connectivity index (χ2n) is 5.48. The highest BCUT2D eigenvalue weighted by Crippen LogP contribution is 2.37. The molecule has 0 aliphatic rings. The summed E-state index contributed by atoms with van der Waals surface area (Å²) < 4.78 is 40.8. The Hall–Kier alpha value is -1.14. The number of amides is 1. The molecule has 2 N–H and O–H groups in total. The third-order valence-electron chi connectivity index (χ3n) is 3.56. The van der Waals surface area contributed by atoms with Gasteiger partial charge < -0.3 is 5.32 Å². The Bertz CT molecular complexity index is 1100. The quantitative estimate of drug-likeness (QED) is 0.257. The van der Waals surface area contributed by atoms with Crippen molar-refractivity contribution in [2.24, 2.45) is 0 Å². The summed E-state index contributed by atoms with van der Waals surface area (Å²) in [4.78, 5) is 12.7. The molecule has 146 valence electrons. The SMILES string of the molecule is O=C(NC(=S)Nc1ccc(I)cc1C(F)(F)F)c1sc2cc(Cl)ccc2c1Cl. The number of hydrogen-bond acceptors (Lipinski definition) is 3. The average molecular weight is 575 g/mol. The normalized spacial score (nSPS) is 11.5. The monoisotopic (exact) mass is 574 g/mol. The van der Waals surface area contributed by atoms with Crippen LogP contribution < -0.4 is 10.6 Å². The number of carbonyl (C=O) groups is 1. The number of thiocarbonyl (C=S) groups is 1. The van der Waals surface area contributed by atoms with Crippen LogP contribution in [0.2, 0.25) is 10.0 Å². The lowest BCUT2D eigenvalue weighted by Gasteiger charge is -2.15. The highest BCUT2D eigenvalue weighted by molar-refractivity contribution is 14.1. The first-order valence-corrected chi connectivity index (χ1v) is 10.5. The number of thiophene rings is 1. The summed E-state index contributed by atoms with van der Waals surface area (Å²) in [5.41, 5.74) is -1.14. The zero-order valence-electron chi connectivity index (χ0n) is 13.5. The zero-order valence-corrected chi connectivity index (χ0v) is 18.8. The summed E-state index contributed by atoms with van der Waals surface area (Å²) in [5.74, 6) is -0.626. The van der Waals surface area contributed by atoms with Crippen LogP contribution in [-0.2, 0) is 6.18 Å². The molecule has 11 heteroatoms. The van der Waals surface area contributed by atoms with Crippen molar-refractivity contribution >= 4 is 96.1 Å². The molecular formula is C17H8Cl2F3IN2OS2. The van der Waals surface area contributed by atoms with Crippen LogP contribution in [-0.4, -0.2) is 11.0 Å². The first kappa shape index (κ1) is 21.6. The number of alkyl halides is 3. The lowest BCUT2D eigenvalue weighted by Crippen LogP contribution is -2.34. The third kappa shape index (κ3) is 4.70. The Labute approximate surface area is 190 Å². The molecule has 0 bridgehead atoms. The van der Waals surface area contributed by atoms with Gasteiger partial charge in [0.2, 0.25) is 0 Å². The first-order valence-electron chi connectivity index (χ1n) is 7.43. The molecule has 0 unspecified atom stereocenters. The summed E-state index contributed by atoms with van der Waals surface area (Å²) in [6.07, 6.45) is -4.57. The van der Waals surface area contributed by atoms with Gasteiger partial charge in [-0.2, -0.15) is 13.2 Å². The van der Waals surface area contributed by atoms with Gasteiger partial charge in [-0.1, -0.05) is 29.3 Å². The molecule has 0 atom stereocenters. The van der Waals surface area contributed by atoms with E-state index in [1.165, 1.54) is 12.1 Å². The minimum atomic E-state index is -4.57. The van der Waals surface area contributed by atoms with E-state index in [0.29, 0.717) is 18.7 Å². The molecule has 3 aromatic rings. The van der Waals surface area contributed by atoms with E-state index >= 15 is 0 Å². The van der Waals surface area contributed by atoms with E-state index in [9.17, 15) is 18.0 Å². The Morgan fingerprint density at radius 2 is 1.86 bits per heavy atom. The van der Waals surface area contributed by atoms with Crippen molar-refractivity contribution in [2.45, 2.75) is 6.18 Å². The van der Waals surface area contributed by atoms with Gasteiger partial charge in [-0.3, -0.25) is 10.1 Å². The average Bonchev–Trinajstić information content (AvgIpc) is 2.91. The molecule has 0 aliphatic carbocycles. The lowest BCUT2D eigenvalue weighted by molar-refractivity contribution is -0.137. The fourth-order valence-corrected chi connectivity index (χ4v) is 4.74. The molecule has 2 aromatic carbocycles. The van der Waals surface area contributed by atoms with E-state index in [0.717, 1.165) is 17.4 Å². The van der Waals surface area contributed by atoms with Crippen LogP contribution >= 0.6 is 69.3 Å². The summed E-state index contributed by atoms with van der Waals surface area (Å²) in [7, 11) is 0. The van der Waals surface area contributed by atoms with Crippen LogP contribution in [0.4, 0.5) is 18.9 Å². The number of carbonyl (C=O) groups excluding carboxylic acids is 1. The van der Waals surface area contributed by atoms with E-state index in [1.54, 1.807) is 40.8 Å². The number of hydrogen-bond donors (Lipinski definition) is 2. The molecule has 0 fully saturated rings. The van der Waals surface area contributed by atoms with Crippen molar-refractivity contribution in [2.75, 3.05) is 5.32 Å². The van der Waals surface area contributed by atoms with Crippen LogP contribution in [0.3, 0.4) is 0 Å². The van der Waals surface area contributed by atoms with Crippen molar-refractivity contribution < 1.29 is 18.0 Å². The Kier molecular flexibility index (Phi) is 6.40. The largest absolute Gasteiger partial charge is 0.418 e. The Morgan fingerprint density at radius 1 is 1.14 bits per heavy atom. The van der Waals surface area contributed by atoms with Crippen LogP contribution in [0.15, 0.2) is 36.4 Å². The molecule has 0 aliphatic heterocycles. The number of nitrogens with one attached hydrogen (secondary N) is 2. The molecule has 1 heterocycles. The van der Waals surface area contributed by atoms with Gasteiger partial charge in [0.15, 0.2) is 5.11 Å². The molecule has 1 aromatic heterocycles. The van der Waals surface area contributed by atoms with Crippen LogP contribution in [0.1, 0.15) is 15.2 Å². The fraction of sp³-hybridized carbons (Fsp3) is 0.0588. The minimum Gasteiger partial charge on any atom is -0.332 e. The van der Waals surface area contributed by atoms with E-state index in [4.69, 9.17) is 35.4 Å². The molecular weight excluding hydrogens is 567 g/mol. The molecule has 0 saturated carbocycles. The second kappa shape index (κ2) is 8.31. The first-order chi connectivity index (χ1) is 13.1. The lowest BCUT2D eigenvalue weighted by atomic mass is 10.1. The molecule has 0 spiro atoms. The number of halogens is 6. The highest BCUT2D eigenvalue weighted by Gasteiger charge is 2.34. The number of anilines is 1. The van der Waals surface area contributed by atoms with Gasteiger partial charge in [-0.15, -0.1) is 11.3 Å². The van der Waals surface area contributed by atoms with Gasteiger partial charge in [0.1, 0.15) is 4.88 Å². The van der Waals surface area contributed by atoms with Crippen LogP contribution in [0, 0.1) is 3.57 Å². The Morgan fingerprint density at radius 3 is 2.54 bits per heavy atom. The predicted molar refractivity (Wildman–Crippen MR) is 120 cm³/mol. The third-order valence-corrected chi connectivity index (χ3v) is 6.33. The maximum atomic E-state index is 13.2. The number of fused-ring (bicyclic) bond motifs is 1. The molecule has 0 saturated heterocycles. The van der Waals surface area contributed by atoms with Crippen molar-refractivity contribution in [3.63, 3.8) is 0 Å². The van der Waals surface area contributed by atoms with Crippen molar-refractivity contribution in [3.05, 3.63) is 60.5 Å². The summed E-state index contributed by atoms with van der Waals surface area (Å²) in [5, 5.41) is 5.88. The second-order valence-corrected chi connectivity index (χ2v) is 9.00. The van der Waals surface area contributed by atoms with Gasteiger partial charge in [0.05, 0.1) is 16.3 Å². The predicted octanol–water partition coefficient (Wildman–Crippen LogP) is 6.96. The molecule has 3 rings (SSSR count). The van der Waals surface area contributed by atoms with Crippen LogP contribution in [0.5, 0.6) is 0 Å². The van der Waals surface area contributed by atoms with E-state index in [-0.39, 0.29) is 20.7 Å². The summed E-state index contributed by atoms with van der Waals surface area (Å²) >= 11 is 20.1. The molecule has 28 heavy (non-hydrogen) atoms. The highest BCUT2D eigenvalue weighted by atomic mass is 127. The number of rotatable bonds is 2. The van der Waals surface area contributed by atoms with Crippen molar-refractivity contribution in [1.29, 1.82) is 0 Å². The summed E-state index contributed by atoms with van der Waals surface area (Å²) in [6, 6.07) is 8.73. The maximum Gasteiger partial charge on any atom is 0.418 e. The molecule has 1 amide bonds. The van der Waals surface area contributed by atoms with Gasteiger partial charge >= 0.3 is 6.18 Å². The van der Waals surface area contributed by atoms with Gasteiger partial charge in [-0.05, 0) is 65.1 Å². The topological polar surface area (TPSA) is 41.1 Å². The Balaban J connectivity index is 1.81. The zero-order chi connectivity index (χ0) is 20.6.